The van der Waals surface area contributed by atoms with Crippen molar-refractivity contribution in [1.29, 1.82) is 0 Å². The van der Waals surface area contributed by atoms with E-state index in [4.69, 9.17) is 29.2 Å². The van der Waals surface area contributed by atoms with Crippen molar-refractivity contribution in [2.24, 2.45) is 0 Å². The maximum atomic E-state index is 14.7. The van der Waals surface area contributed by atoms with E-state index in [2.05, 4.69) is 0 Å². The molecule has 0 fully saturated rings. The molecule has 2 aromatic rings. The van der Waals surface area contributed by atoms with E-state index in [0.29, 0.717) is 0 Å². The highest BCUT2D eigenvalue weighted by molar-refractivity contribution is 5.36. The molecule has 2 N–H and O–H groups in total. The van der Waals surface area contributed by atoms with E-state index < -0.39 is 35.6 Å². The molecule has 0 bridgehead atoms. The summed E-state index contributed by atoms with van der Waals surface area (Å²) < 4.78 is 79.7. The fourth-order valence-corrected chi connectivity index (χ4v) is 2.74. The zero-order valence-electron chi connectivity index (χ0n) is 17.6. The van der Waals surface area contributed by atoms with Gasteiger partial charge >= 0.3 is 11.8 Å². The van der Waals surface area contributed by atoms with Crippen LogP contribution in [0.2, 0.25) is 0 Å². The Kier molecular flexibility index (Phi) is 9.26. The molecule has 0 aromatic heterocycles. The van der Waals surface area contributed by atoms with E-state index in [1.807, 2.05) is 0 Å². The second kappa shape index (κ2) is 11.5. The Morgan fingerprint density at radius 3 is 1.25 bits per heavy atom. The van der Waals surface area contributed by atoms with Gasteiger partial charge in [-0.15, -0.1) is 0 Å². The summed E-state index contributed by atoms with van der Waals surface area (Å²) in [5, 5.41) is 17.4. The summed E-state index contributed by atoms with van der Waals surface area (Å²) in [4.78, 5) is 0. The molecule has 0 radical (unpaired) electrons. The summed E-state index contributed by atoms with van der Waals surface area (Å²) in [5.41, 5.74) is -1.77. The fraction of sp³-hybridized carbons (Fsp3) is 0.455. The second-order valence-electron chi connectivity index (χ2n) is 6.76. The van der Waals surface area contributed by atoms with Crippen molar-refractivity contribution in [3.8, 4) is 11.5 Å². The highest BCUT2D eigenvalue weighted by Crippen LogP contribution is 2.49. The van der Waals surface area contributed by atoms with E-state index in [1.165, 1.54) is 0 Å². The van der Waals surface area contributed by atoms with Gasteiger partial charge in [0, 0.05) is 11.1 Å². The maximum absolute atomic E-state index is 14.7. The van der Waals surface area contributed by atoms with Crippen molar-refractivity contribution < 1.29 is 46.7 Å². The molecule has 0 heterocycles. The molecule has 2 unspecified atom stereocenters. The van der Waals surface area contributed by atoms with Gasteiger partial charge in [-0.25, -0.2) is 0 Å². The Balaban J connectivity index is 2.11. The normalized spacial score (nSPS) is 14.1. The van der Waals surface area contributed by atoms with Crippen molar-refractivity contribution >= 4 is 0 Å². The summed E-state index contributed by atoms with van der Waals surface area (Å²) in [7, 11) is 0. The Labute approximate surface area is 183 Å². The van der Waals surface area contributed by atoms with Gasteiger partial charge in [0.1, 0.15) is 11.5 Å². The number of aliphatic hydroxyl groups is 2. The molecule has 10 heteroatoms. The predicted octanol–water partition coefficient (Wildman–Crippen LogP) is 4.04. The number of aliphatic hydroxyl groups excluding tert-OH is 2. The first-order valence-corrected chi connectivity index (χ1v) is 9.86. The molecule has 2 aromatic carbocycles. The number of hydrogen-bond acceptors (Lipinski definition) is 6. The molecule has 0 spiro atoms. The smallest absolute Gasteiger partial charge is 0.339 e. The molecule has 178 valence electrons. The summed E-state index contributed by atoms with van der Waals surface area (Å²) >= 11 is 0. The Morgan fingerprint density at radius 1 is 0.656 bits per heavy atom. The van der Waals surface area contributed by atoms with E-state index >= 15 is 0 Å². The molecule has 0 aliphatic rings. The van der Waals surface area contributed by atoms with Gasteiger partial charge in [0.2, 0.25) is 0 Å². The van der Waals surface area contributed by atoms with Crippen LogP contribution in [0.1, 0.15) is 25.0 Å². The van der Waals surface area contributed by atoms with Gasteiger partial charge in [-0.1, -0.05) is 0 Å². The van der Waals surface area contributed by atoms with Crippen LogP contribution in [0.25, 0.3) is 0 Å². The number of ether oxygens (including phenoxy) is 4. The molecule has 2 rings (SSSR count). The van der Waals surface area contributed by atoms with E-state index in [0.717, 1.165) is 48.5 Å². The van der Waals surface area contributed by atoms with Crippen LogP contribution in [0.3, 0.4) is 0 Å². The number of benzene rings is 2. The minimum atomic E-state index is -4.50. The van der Waals surface area contributed by atoms with Crippen LogP contribution in [-0.4, -0.2) is 49.2 Å². The molecule has 2 atom stereocenters. The maximum Gasteiger partial charge on any atom is 0.339 e. The minimum absolute atomic E-state index is 0.0297. The Bertz CT molecular complexity index is 745. The average molecular weight is 462 g/mol. The number of hydrogen-bond donors (Lipinski definition) is 2. The molecule has 0 amide bonds. The van der Waals surface area contributed by atoms with Crippen LogP contribution >= 0.6 is 0 Å². The van der Waals surface area contributed by atoms with Crippen LogP contribution in [0.4, 0.5) is 17.6 Å². The number of rotatable bonds is 13. The molecule has 32 heavy (non-hydrogen) atoms. The van der Waals surface area contributed by atoms with E-state index in [1.54, 1.807) is 13.8 Å². The van der Waals surface area contributed by atoms with Gasteiger partial charge in [-0.2, -0.15) is 17.6 Å². The fourth-order valence-electron chi connectivity index (χ4n) is 2.74. The van der Waals surface area contributed by atoms with Crippen molar-refractivity contribution in [2.75, 3.05) is 26.4 Å². The number of alkyl halides is 4. The SMILES string of the molecule is CC(OCCO)Oc1ccc(C(F)(F)C(F)(F)c2ccc(OC(C)OCCO)cc2)cc1. The third-order valence-electron chi connectivity index (χ3n) is 4.32. The topological polar surface area (TPSA) is 77.4 Å². The quantitative estimate of drug-likeness (QED) is 0.346. The molecule has 0 saturated heterocycles. The summed E-state index contributed by atoms with van der Waals surface area (Å²) in [5.74, 6) is -8.69. The van der Waals surface area contributed by atoms with Crippen molar-refractivity contribution in [3.05, 3.63) is 59.7 Å². The lowest BCUT2D eigenvalue weighted by Crippen LogP contribution is -2.35. The highest BCUT2D eigenvalue weighted by atomic mass is 19.3. The first-order valence-electron chi connectivity index (χ1n) is 9.86. The zero-order chi connectivity index (χ0) is 23.8. The standard InChI is InChI=1S/C22H26F4O6/c1-15(29-13-11-27)31-19-7-3-17(4-8-19)21(23,24)22(25,26)18-5-9-20(10-6-18)32-16(2)30-14-12-28/h3-10,15-16,27-28H,11-14H2,1-2H3. The lowest BCUT2D eigenvalue weighted by Gasteiger charge is -2.27. The highest BCUT2D eigenvalue weighted by Gasteiger charge is 2.58. The first-order chi connectivity index (χ1) is 15.1. The lowest BCUT2D eigenvalue weighted by atomic mass is 9.96. The van der Waals surface area contributed by atoms with Crippen LogP contribution in [0.5, 0.6) is 11.5 Å². The summed E-state index contributed by atoms with van der Waals surface area (Å²) in [6.45, 7) is 2.72. The van der Waals surface area contributed by atoms with Crippen molar-refractivity contribution in [1.82, 2.24) is 0 Å². The van der Waals surface area contributed by atoms with Gasteiger partial charge in [-0.05, 0) is 62.4 Å². The van der Waals surface area contributed by atoms with Gasteiger partial charge < -0.3 is 29.2 Å². The monoisotopic (exact) mass is 462 g/mol. The number of halogens is 4. The van der Waals surface area contributed by atoms with Crippen LogP contribution in [0.15, 0.2) is 48.5 Å². The van der Waals surface area contributed by atoms with Crippen LogP contribution in [0, 0.1) is 0 Å². The molecule has 0 saturated carbocycles. The largest absolute Gasteiger partial charge is 0.465 e. The third kappa shape index (κ3) is 6.55. The van der Waals surface area contributed by atoms with Crippen molar-refractivity contribution in [3.63, 3.8) is 0 Å². The van der Waals surface area contributed by atoms with Crippen LogP contribution in [-0.2, 0) is 21.3 Å². The van der Waals surface area contributed by atoms with Gasteiger partial charge in [0.25, 0.3) is 0 Å². The second-order valence-corrected chi connectivity index (χ2v) is 6.76. The van der Waals surface area contributed by atoms with Crippen molar-refractivity contribution in [2.45, 2.75) is 38.3 Å². The average Bonchev–Trinajstić information content (AvgIpc) is 2.77. The van der Waals surface area contributed by atoms with E-state index in [9.17, 15) is 17.6 Å². The summed E-state index contributed by atoms with van der Waals surface area (Å²) in [6.07, 6.45) is -1.51. The first kappa shape index (κ1) is 25.9. The van der Waals surface area contributed by atoms with Gasteiger partial charge in [-0.3, -0.25) is 0 Å². The van der Waals surface area contributed by atoms with Crippen LogP contribution < -0.4 is 9.47 Å². The predicted molar refractivity (Wildman–Crippen MR) is 107 cm³/mol. The minimum Gasteiger partial charge on any atom is -0.465 e. The molecule has 0 aliphatic carbocycles. The molecular weight excluding hydrogens is 436 g/mol. The Hall–Kier alpha value is -2.40. The summed E-state index contributed by atoms with van der Waals surface area (Å²) in [6, 6.07) is 8.01. The Morgan fingerprint density at radius 2 is 0.969 bits per heavy atom. The van der Waals surface area contributed by atoms with Gasteiger partial charge in [0.05, 0.1) is 26.4 Å². The molecular formula is C22H26F4O6. The third-order valence-corrected chi connectivity index (χ3v) is 4.32. The molecule has 0 aliphatic heterocycles. The zero-order valence-corrected chi connectivity index (χ0v) is 17.6. The molecule has 6 nitrogen and oxygen atoms in total. The van der Waals surface area contributed by atoms with Gasteiger partial charge in [0.15, 0.2) is 12.6 Å². The van der Waals surface area contributed by atoms with E-state index in [-0.39, 0.29) is 37.9 Å². The lowest BCUT2D eigenvalue weighted by molar-refractivity contribution is -0.223.